The highest BCUT2D eigenvalue weighted by molar-refractivity contribution is 6.46. The third kappa shape index (κ3) is 3.24. The molecule has 0 spiro atoms. The molecule has 0 bridgehead atoms. The number of ether oxygens (including phenoxy) is 1. The van der Waals surface area contributed by atoms with E-state index in [1.165, 1.54) is 0 Å². The molecule has 0 aliphatic rings. The lowest BCUT2D eigenvalue weighted by Gasteiger charge is -1.95. The van der Waals surface area contributed by atoms with Crippen molar-refractivity contribution in [1.29, 1.82) is 0 Å². The van der Waals surface area contributed by atoms with Gasteiger partial charge in [-0.25, -0.2) is 9.59 Å². The summed E-state index contributed by atoms with van der Waals surface area (Å²) in [7, 11) is 0. The van der Waals surface area contributed by atoms with Gasteiger partial charge in [0.05, 0.1) is 0 Å². The van der Waals surface area contributed by atoms with Crippen LogP contribution in [0.25, 0.3) is 0 Å². The predicted molar refractivity (Wildman–Crippen MR) is 41.5 cm³/mol. The van der Waals surface area contributed by atoms with Crippen molar-refractivity contribution in [2.75, 3.05) is 0 Å². The monoisotopic (exact) mass is 182 g/mol. The van der Waals surface area contributed by atoms with Crippen molar-refractivity contribution in [2.45, 2.75) is 0 Å². The second kappa shape index (κ2) is 4.76. The number of carbonyl (C=O) groups excluding carboxylic acids is 4. The maximum atomic E-state index is 10.6. The van der Waals surface area contributed by atoms with Crippen LogP contribution in [0.2, 0.25) is 0 Å². The Balaban J connectivity index is 4.30. The normalized spacial score (nSPS) is 8.31. The molecule has 0 unspecified atom stereocenters. The van der Waals surface area contributed by atoms with Gasteiger partial charge in [-0.3, -0.25) is 9.59 Å². The molecule has 0 saturated heterocycles. The predicted octanol–water partition coefficient (Wildman–Crippen LogP) is -0.434. The van der Waals surface area contributed by atoms with Crippen LogP contribution in [0.3, 0.4) is 0 Å². The van der Waals surface area contributed by atoms with Crippen LogP contribution in [0.4, 0.5) is 0 Å². The molecule has 0 heterocycles. The minimum atomic E-state index is -1.44. The first-order valence-corrected chi connectivity index (χ1v) is 3.12. The highest BCUT2D eigenvalue weighted by atomic mass is 16.6. The van der Waals surface area contributed by atoms with Gasteiger partial charge in [0.25, 0.3) is 11.6 Å². The molecule has 0 N–H and O–H groups in total. The SMILES string of the molecule is C=CC(=O)C(=O)OC(=O)C(=O)C=C. The van der Waals surface area contributed by atoms with Gasteiger partial charge in [0.1, 0.15) is 0 Å². The van der Waals surface area contributed by atoms with E-state index in [9.17, 15) is 19.2 Å². The van der Waals surface area contributed by atoms with Gasteiger partial charge >= 0.3 is 11.9 Å². The Hall–Kier alpha value is -2.04. The molecular weight excluding hydrogens is 176 g/mol. The van der Waals surface area contributed by atoms with Gasteiger partial charge in [-0.15, -0.1) is 0 Å². The molecule has 0 saturated carbocycles. The number of esters is 2. The van der Waals surface area contributed by atoms with Crippen molar-refractivity contribution in [2.24, 2.45) is 0 Å². The topological polar surface area (TPSA) is 77.5 Å². The third-order valence-corrected chi connectivity index (χ3v) is 0.959. The van der Waals surface area contributed by atoms with E-state index in [2.05, 4.69) is 17.9 Å². The Labute approximate surface area is 73.7 Å². The number of hydrogen-bond donors (Lipinski definition) is 0. The molecule has 0 radical (unpaired) electrons. The Morgan fingerprint density at radius 1 is 0.846 bits per heavy atom. The molecular formula is C8H6O5. The van der Waals surface area contributed by atoms with E-state index >= 15 is 0 Å². The number of rotatable bonds is 4. The maximum Gasteiger partial charge on any atom is 0.386 e. The summed E-state index contributed by atoms with van der Waals surface area (Å²) in [6.07, 6.45) is 1.35. The van der Waals surface area contributed by atoms with Crippen LogP contribution in [-0.4, -0.2) is 23.5 Å². The zero-order valence-corrected chi connectivity index (χ0v) is 6.61. The summed E-state index contributed by atoms with van der Waals surface area (Å²) in [5.74, 6) is -5.05. The van der Waals surface area contributed by atoms with E-state index in [4.69, 9.17) is 0 Å². The molecule has 0 atom stereocenters. The fourth-order valence-electron chi connectivity index (χ4n) is 0.351. The van der Waals surface area contributed by atoms with Crippen LogP contribution in [0.1, 0.15) is 0 Å². The molecule has 0 aromatic rings. The quantitative estimate of drug-likeness (QED) is 0.255. The van der Waals surface area contributed by atoms with E-state index in [1.807, 2.05) is 0 Å². The summed E-state index contributed by atoms with van der Waals surface area (Å²) in [5, 5.41) is 0. The van der Waals surface area contributed by atoms with Crippen molar-refractivity contribution in [1.82, 2.24) is 0 Å². The lowest BCUT2D eigenvalue weighted by molar-refractivity contribution is -0.165. The minimum absolute atomic E-state index is 0.675. The van der Waals surface area contributed by atoms with Crippen LogP contribution in [-0.2, 0) is 23.9 Å². The fraction of sp³-hybridized carbons (Fsp3) is 0. The molecule has 0 amide bonds. The first-order valence-electron chi connectivity index (χ1n) is 3.12. The van der Waals surface area contributed by atoms with Crippen molar-refractivity contribution < 1.29 is 23.9 Å². The van der Waals surface area contributed by atoms with Crippen LogP contribution in [0.5, 0.6) is 0 Å². The molecule has 0 aromatic heterocycles. The lowest BCUT2D eigenvalue weighted by atomic mass is 10.4. The van der Waals surface area contributed by atoms with Gasteiger partial charge in [-0.2, -0.15) is 0 Å². The first-order chi connectivity index (χ1) is 6.02. The number of carbonyl (C=O) groups is 4. The Morgan fingerprint density at radius 2 is 1.15 bits per heavy atom. The Morgan fingerprint density at radius 3 is 1.38 bits per heavy atom. The van der Waals surface area contributed by atoms with Crippen LogP contribution >= 0.6 is 0 Å². The Bertz CT molecular complexity index is 270. The summed E-state index contributed by atoms with van der Waals surface area (Å²) >= 11 is 0. The fourth-order valence-corrected chi connectivity index (χ4v) is 0.351. The van der Waals surface area contributed by atoms with Crippen molar-refractivity contribution in [3.63, 3.8) is 0 Å². The van der Waals surface area contributed by atoms with Gasteiger partial charge in [0.15, 0.2) is 0 Å². The van der Waals surface area contributed by atoms with E-state index < -0.39 is 23.5 Å². The first kappa shape index (κ1) is 11.0. The molecule has 0 aliphatic heterocycles. The molecule has 13 heavy (non-hydrogen) atoms. The molecule has 0 rings (SSSR count). The second-order valence-electron chi connectivity index (χ2n) is 1.81. The standard InChI is InChI=1S/C8H6O5/c1-3-5(9)7(11)13-8(12)6(10)4-2/h3-4H,1-2H2. The van der Waals surface area contributed by atoms with E-state index in [0.29, 0.717) is 12.2 Å². The third-order valence-electron chi connectivity index (χ3n) is 0.959. The number of ketones is 2. The van der Waals surface area contributed by atoms with E-state index in [1.54, 1.807) is 0 Å². The summed E-state index contributed by atoms with van der Waals surface area (Å²) in [6.45, 7) is 5.97. The van der Waals surface area contributed by atoms with E-state index in [0.717, 1.165) is 0 Å². The van der Waals surface area contributed by atoms with Gasteiger partial charge in [0, 0.05) is 0 Å². The average Bonchev–Trinajstić information content (AvgIpc) is 2.14. The highest BCUT2D eigenvalue weighted by Crippen LogP contribution is 1.86. The van der Waals surface area contributed by atoms with Crippen molar-refractivity contribution >= 4 is 23.5 Å². The van der Waals surface area contributed by atoms with Gasteiger partial charge in [-0.1, -0.05) is 13.2 Å². The molecule has 0 aromatic carbocycles. The average molecular weight is 182 g/mol. The van der Waals surface area contributed by atoms with Crippen LogP contribution < -0.4 is 0 Å². The lowest BCUT2D eigenvalue weighted by Crippen LogP contribution is -2.23. The van der Waals surface area contributed by atoms with Gasteiger partial charge < -0.3 is 4.74 Å². The molecule has 68 valence electrons. The molecule has 5 nitrogen and oxygen atoms in total. The summed E-state index contributed by atoms with van der Waals surface area (Å²) < 4.78 is 3.84. The zero-order valence-electron chi connectivity index (χ0n) is 6.61. The largest absolute Gasteiger partial charge is 0.386 e. The summed E-state index contributed by atoms with van der Waals surface area (Å²) in [4.78, 5) is 42.1. The summed E-state index contributed by atoms with van der Waals surface area (Å²) in [6, 6.07) is 0. The summed E-state index contributed by atoms with van der Waals surface area (Å²) in [5.41, 5.74) is 0. The molecule has 0 aliphatic carbocycles. The maximum absolute atomic E-state index is 10.6. The van der Waals surface area contributed by atoms with Crippen LogP contribution in [0, 0.1) is 0 Å². The molecule has 5 heteroatoms. The Kier molecular flexibility index (Phi) is 4.01. The zero-order chi connectivity index (χ0) is 10.4. The van der Waals surface area contributed by atoms with Crippen molar-refractivity contribution in [3.8, 4) is 0 Å². The highest BCUT2D eigenvalue weighted by Gasteiger charge is 2.20. The number of hydrogen-bond acceptors (Lipinski definition) is 5. The van der Waals surface area contributed by atoms with Crippen LogP contribution in [0.15, 0.2) is 25.3 Å². The minimum Gasteiger partial charge on any atom is -0.381 e. The van der Waals surface area contributed by atoms with E-state index in [-0.39, 0.29) is 0 Å². The molecule has 0 fully saturated rings. The smallest absolute Gasteiger partial charge is 0.381 e. The second-order valence-corrected chi connectivity index (χ2v) is 1.81. The van der Waals surface area contributed by atoms with Gasteiger partial charge in [-0.05, 0) is 12.2 Å². The van der Waals surface area contributed by atoms with Gasteiger partial charge in [0.2, 0.25) is 0 Å². The van der Waals surface area contributed by atoms with Crippen molar-refractivity contribution in [3.05, 3.63) is 25.3 Å².